The molecule has 0 aliphatic rings. The highest BCUT2D eigenvalue weighted by atomic mass is 35.5. The van der Waals surface area contributed by atoms with Gasteiger partial charge in [-0.25, -0.2) is 13.5 Å². The second-order valence-corrected chi connectivity index (χ2v) is 6.59. The molecule has 1 aromatic rings. The number of halogens is 5. The lowest BCUT2D eigenvalue weighted by Crippen LogP contribution is -2.30. The predicted octanol–water partition coefficient (Wildman–Crippen LogP) is 3.06. The lowest BCUT2D eigenvalue weighted by Gasteiger charge is -2.18. The van der Waals surface area contributed by atoms with E-state index in [1.54, 1.807) is 0 Å². The van der Waals surface area contributed by atoms with Crippen LogP contribution in [0.3, 0.4) is 0 Å². The van der Waals surface area contributed by atoms with Crippen LogP contribution in [0.5, 0.6) is 0 Å². The Kier molecular flexibility index (Phi) is 5.31. The number of likely N-dealkylation sites (N-methyl/N-ethyl adjacent to an activating group) is 1. The Morgan fingerprint density at radius 3 is 2.00 bits per heavy atom. The molecular formula is C10H9Cl2F3NO3S. The molecule has 1 rings (SSSR count). The minimum absolute atomic E-state index is 0.351. The minimum Gasteiger partial charge on any atom is -0.235 e. The first-order valence-corrected chi connectivity index (χ1v) is 7.32. The van der Waals surface area contributed by atoms with Gasteiger partial charge in [0.05, 0.1) is 22.2 Å². The van der Waals surface area contributed by atoms with Crippen molar-refractivity contribution in [2.45, 2.75) is 11.1 Å². The fourth-order valence-electron chi connectivity index (χ4n) is 1.37. The van der Waals surface area contributed by atoms with Crippen LogP contribution in [0.1, 0.15) is 5.56 Å². The van der Waals surface area contributed by atoms with Crippen LogP contribution in [-0.4, -0.2) is 32.9 Å². The van der Waals surface area contributed by atoms with E-state index >= 15 is 0 Å². The van der Waals surface area contributed by atoms with E-state index < -0.39 is 43.3 Å². The number of sulfonamides is 1. The molecule has 0 aliphatic carbocycles. The van der Waals surface area contributed by atoms with Crippen LogP contribution in [-0.2, 0) is 21.3 Å². The van der Waals surface area contributed by atoms with Crippen molar-refractivity contribution in [2.75, 3.05) is 20.2 Å². The summed E-state index contributed by atoms with van der Waals surface area (Å²) >= 11 is 11.2. The van der Waals surface area contributed by atoms with Crippen LogP contribution in [0.2, 0.25) is 10.0 Å². The molecule has 113 valence electrons. The topological polar surface area (TPSA) is 57.3 Å². The van der Waals surface area contributed by atoms with E-state index in [-0.39, 0.29) is 6.54 Å². The molecule has 4 nitrogen and oxygen atoms in total. The minimum atomic E-state index is -4.70. The van der Waals surface area contributed by atoms with Gasteiger partial charge in [-0.3, -0.25) is 0 Å². The Balaban J connectivity index is 3.42. The standard InChI is InChI=1S/C10H9Cl2F3NO3S/c1-16(2-3-17)20(18,19)9-7(11)4-6(5-8(9)12)10(13,14)15/h4-5H,2-3H2,1H3. The number of nitrogens with zero attached hydrogens (tertiary/aromatic N) is 1. The van der Waals surface area contributed by atoms with Gasteiger partial charge in [-0.15, -0.1) is 0 Å². The summed E-state index contributed by atoms with van der Waals surface area (Å²) in [7, 11) is -3.11. The van der Waals surface area contributed by atoms with E-state index in [1.807, 2.05) is 0 Å². The number of alkyl halides is 3. The Bertz CT molecular complexity index is 581. The van der Waals surface area contributed by atoms with Crippen LogP contribution in [0, 0.1) is 0 Å². The van der Waals surface area contributed by atoms with E-state index in [1.165, 1.54) is 0 Å². The van der Waals surface area contributed by atoms with E-state index in [0.29, 0.717) is 16.4 Å². The van der Waals surface area contributed by atoms with Gasteiger partial charge in [0, 0.05) is 13.6 Å². The third-order valence-electron chi connectivity index (χ3n) is 2.40. The molecule has 0 fully saturated rings. The summed E-state index contributed by atoms with van der Waals surface area (Å²) in [6.45, 7) is -1.05. The molecular weight excluding hydrogens is 342 g/mol. The van der Waals surface area contributed by atoms with E-state index in [4.69, 9.17) is 23.2 Å². The van der Waals surface area contributed by atoms with Gasteiger partial charge in [0.2, 0.25) is 10.0 Å². The molecule has 1 aromatic carbocycles. The average Bonchev–Trinajstić information content (AvgIpc) is 2.26. The van der Waals surface area contributed by atoms with Crippen molar-refractivity contribution in [1.82, 2.24) is 4.31 Å². The molecule has 10 heteroatoms. The Morgan fingerprint density at radius 1 is 1.20 bits per heavy atom. The normalized spacial score (nSPS) is 13.0. The summed E-state index contributed by atoms with van der Waals surface area (Å²) in [6.07, 6.45) is -4.70. The zero-order valence-corrected chi connectivity index (χ0v) is 12.4. The number of benzene rings is 1. The van der Waals surface area contributed by atoms with Gasteiger partial charge in [-0.05, 0) is 12.1 Å². The van der Waals surface area contributed by atoms with Crippen molar-refractivity contribution < 1.29 is 26.7 Å². The maximum atomic E-state index is 12.5. The zero-order chi connectivity index (χ0) is 15.7. The highest BCUT2D eigenvalue weighted by Gasteiger charge is 2.34. The van der Waals surface area contributed by atoms with Crippen molar-refractivity contribution in [3.05, 3.63) is 27.7 Å². The molecule has 0 spiro atoms. The summed E-state index contributed by atoms with van der Waals surface area (Å²) in [5.41, 5.74) is -1.15. The van der Waals surface area contributed by atoms with Crippen molar-refractivity contribution in [1.29, 1.82) is 0 Å². The molecule has 0 heterocycles. The smallest absolute Gasteiger partial charge is 0.235 e. The SMILES string of the molecule is CN(CC[O])S(=O)(=O)c1c(Cl)cc(C(F)(F)F)cc1Cl. The van der Waals surface area contributed by atoms with Gasteiger partial charge in [0.15, 0.2) is 0 Å². The average molecular weight is 351 g/mol. The largest absolute Gasteiger partial charge is 0.416 e. The molecule has 0 atom stereocenters. The monoisotopic (exact) mass is 350 g/mol. The summed E-state index contributed by atoms with van der Waals surface area (Å²) in [6, 6.07) is 0.955. The van der Waals surface area contributed by atoms with E-state index in [0.717, 1.165) is 7.05 Å². The van der Waals surface area contributed by atoms with Crippen LogP contribution in [0.25, 0.3) is 0 Å². The van der Waals surface area contributed by atoms with Crippen molar-refractivity contribution >= 4 is 33.2 Å². The fraction of sp³-hybridized carbons (Fsp3) is 0.400. The highest BCUT2D eigenvalue weighted by Crippen LogP contribution is 2.38. The maximum Gasteiger partial charge on any atom is 0.416 e. The third kappa shape index (κ3) is 3.56. The summed E-state index contributed by atoms with van der Waals surface area (Å²) in [5, 5.41) is 9.15. The molecule has 0 N–H and O–H groups in total. The van der Waals surface area contributed by atoms with Crippen molar-refractivity contribution in [3.8, 4) is 0 Å². The second kappa shape index (κ2) is 6.07. The van der Waals surface area contributed by atoms with E-state index in [2.05, 4.69) is 0 Å². The summed E-state index contributed by atoms with van der Waals surface area (Å²) in [4.78, 5) is -0.648. The zero-order valence-electron chi connectivity index (χ0n) is 10.0. The first-order valence-electron chi connectivity index (χ1n) is 5.12. The third-order valence-corrected chi connectivity index (χ3v) is 5.18. The van der Waals surface area contributed by atoms with Crippen LogP contribution >= 0.6 is 23.2 Å². The number of hydrogen-bond acceptors (Lipinski definition) is 2. The molecule has 0 unspecified atom stereocenters. The Morgan fingerprint density at radius 2 is 1.65 bits per heavy atom. The second-order valence-electron chi connectivity index (χ2n) is 3.80. The highest BCUT2D eigenvalue weighted by molar-refractivity contribution is 7.89. The Hall–Kier alpha value is -0.540. The van der Waals surface area contributed by atoms with Crippen molar-refractivity contribution in [2.24, 2.45) is 0 Å². The quantitative estimate of drug-likeness (QED) is 0.837. The number of rotatable bonds is 4. The summed E-state index contributed by atoms with van der Waals surface area (Å²) in [5.74, 6) is 0. The van der Waals surface area contributed by atoms with Gasteiger partial charge in [0.1, 0.15) is 4.90 Å². The molecule has 0 amide bonds. The maximum absolute atomic E-state index is 12.5. The molecule has 0 aliphatic heterocycles. The van der Waals surface area contributed by atoms with Gasteiger partial charge in [-0.2, -0.15) is 17.5 Å². The lowest BCUT2D eigenvalue weighted by atomic mass is 10.2. The fourth-order valence-corrected chi connectivity index (χ4v) is 3.68. The number of hydrogen-bond donors (Lipinski definition) is 0. The Labute approximate surface area is 123 Å². The lowest BCUT2D eigenvalue weighted by molar-refractivity contribution is -0.137. The first kappa shape index (κ1) is 17.5. The summed E-state index contributed by atoms with van der Waals surface area (Å²) < 4.78 is 62.4. The molecule has 0 bridgehead atoms. The van der Waals surface area contributed by atoms with Crippen molar-refractivity contribution in [3.63, 3.8) is 0 Å². The van der Waals surface area contributed by atoms with Crippen LogP contribution in [0.15, 0.2) is 17.0 Å². The molecule has 20 heavy (non-hydrogen) atoms. The van der Waals surface area contributed by atoms with Crippen LogP contribution in [0.4, 0.5) is 13.2 Å². The molecule has 1 radical (unpaired) electrons. The molecule has 0 saturated heterocycles. The van der Waals surface area contributed by atoms with E-state index in [9.17, 15) is 26.7 Å². The van der Waals surface area contributed by atoms with Gasteiger partial charge < -0.3 is 0 Å². The molecule has 0 saturated carbocycles. The van der Waals surface area contributed by atoms with Gasteiger partial charge in [0.25, 0.3) is 0 Å². The predicted molar refractivity (Wildman–Crippen MR) is 66.8 cm³/mol. The first-order chi connectivity index (χ1) is 9.01. The van der Waals surface area contributed by atoms with Crippen LogP contribution < -0.4 is 0 Å². The van der Waals surface area contributed by atoms with Gasteiger partial charge >= 0.3 is 6.18 Å². The molecule has 0 aromatic heterocycles. The van der Waals surface area contributed by atoms with Gasteiger partial charge in [-0.1, -0.05) is 23.2 Å².